The second kappa shape index (κ2) is 5.29. The van der Waals surface area contributed by atoms with Crippen LogP contribution in [0, 0.1) is 0 Å². The molecule has 2 aliphatic heterocycles. The van der Waals surface area contributed by atoms with E-state index in [1.807, 2.05) is 0 Å². The van der Waals surface area contributed by atoms with Crippen LogP contribution in [0.1, 0.15) is 30.9 Å². The minimum atomic E-state index is 0.475. The van der Waals surface area contributed by atoms with Gasteiger partial charge < -0.3 is 15.0 Å². The van der Waals surface area contributed by atoms with Crippen molar-refractivity contribution in [1.29, 1.82) is 0 Å². The molecule has 3 nitrogen and oxygen atoms in total. The Kier molecular flexibility index (Phi) is 3.52. The lowest BCUT2D eigenvalue weighted by Gasteiger charge is -2.34. The van der Waals surface area contributed by atoms with Gasteiger partial charge in [0.2, 0.25) is 0 Å². The third-order valence-corrected chi connectivity index (χ3v) is 4.11. The van der Waals surface area contributed by atoms with Gasteiger partial charge in [0.1, 0.15) is 5.75 Å². The molecule has 2 aliphatic rings. The van der Waals surface area contributed by atoms with Gasteiger partial charge in [-0.1, -0.05) is 18.2 Å². The predicted molar refractivity (Wildman–Crippen MR) is 72.9 cm³/mol. The summed E-state index contributed by atoms with van der Waals surface area (Å²) in [7, 11) is 2.21. The highest BCUT2D eigenvalue weighted by Crippen LogP contribution is 2.32. The Morgan fingerprint density at radius 3 is 2.78 bits per heavy atom. The van der Waals surface area contributed by atoms with E-state index >= 15 is 0 Å². The van der Waals surface area contributed by atoms with E-state index in [-0.39, 0.29) is 0 Å². The number of hydrogen-bond acceptors (Lipinski definition) is 3. The average molecular weight is 246 g/mol. The van der Waals surface area contributed by atoms with Crippen LogP contribution >= 0.6 is 0 Å². The fraction of sp³-hybridized carbons (Fsp3) is 0.600. The third-order valence-electron chi connectivity index (χ3n) is 4.11. The topological polar surface area (TPSA) is 24.5 Å². The normalized spacial score (nSPS) is 25.5. The fourth-order valence-corrected chi connectivity index (χ4v) is 2.97. The van der Waals surface area contributed by atoms with Crippen molar-refractivity contribution in [3.63, 3.8) is 0 Å². The van der Waals surface area contributed by atoms with E-state index in [1.54, 1.807) is 0 Å². The highest BCUT2D eigenvalue weighted by molar-refractivity contribution is 5.37. The fourth-order valence-electron chi connectivity index (χ4n) is 2.97. The molecule has 1 fully saturated rings. The maximum absolute atomic E-state index is 5.71. The molecule has 0 saturated carbocycles. The largest absolute Gasteiger partial charge is 0.493 e. The summed E-state index contributed by atoms with van der Waals surface area (Å²) in [5.74, 6) is 1.06. The summed E-state index contributed by atoms with van der Waals surface area (Å²) < 4.78 is 5.71. The minimum absolute atomic E-state index is 0.475. The van der Waals surface area contributed by atoms with Gasteiger partial charge in [-0.05, 0) is 39.0 Å². The number of ether oxygens (including phenoxy) is 1. The zero-order chi connectivity index (χ0) is 12.4. The number of rotatable bonds is 2. The van der Waals surface area contributed by atoms with E-state index in [1.165, 1.54) is 31.5 Å². The van der Waals surface area contributed by atoms with Gasteiger partial charge in [0.05, 0.1) is 6.61 Å². The van der Waals surface area contributed by atoms with E-state index in [0.29, 0.717) is 12.1 Å². The van der Waals surface area contributed by atoms with E-state index in [4.69, 9.17) is 4.74 Å². The Hall–Kier alpha value is -1.06. The Bertz CT molecular complexity index is 399. The predicted octanol–water partition coefficient (Wildman–Crippen LogP) is 2.19. The van der Waals surface area contributed by atoms with Crippen LogP contribution in [0.15, 0.2) is 24.3 Å². The number of piperidine rings is 1. The standard InChI is InChI=1S/C15H22N2O/c1-17-9-6-12(7-10-17)16-14-8-11-18-15-5-3-2-4-13(14)15/h2-5,12,14,16H,6-11H2,1H3. The summed E-state index contributed by atoms with van der Waals surface area (Å²) in [5.41, 5.74) is 1.34. The molecular weight excluding hydrogens is 224 g/mol. The van der Waals surface area contributed by atoms with Crippen molar-refractivity contribution in [2.24, 2.45) is 0 Å². The maximum Gasteiger partial charge on any atom is 0.124 e. The zero-order valence-electron chi connectivity index (χ0n) is 11.1. The molecule has 1 N–H and O–H groups in total. The first kappa shape index (κ1) is 12.0. The van der Waals surface area contributed by atoms with Gasteiger partial charge in [-0.15, -0.1) is 0 Å². The van der Waals surface area contributed by atoms with E-state index in [9.17, 15) is 0 Å². The second-order valence-corrected chi connectivity index (χ2v) is 5.47. The van der Waals surface area contributed by atoms with Crippen molar-refractivity contribution >= 4 is 0 Å². The molecule has 18 heavy (non-hydrogen) atoms. The number of nitrogens with one attached hydrogen (secondary N) is 1. The first-order chi connectivity index (χ1) is 8.83. The summed E-state index contributed by atoms with van der Waals surface area (Å²) in [6, 6.07) is 9.58. The molecule has 0 aromatic heterocycles. The highest BCUT2D eigenvalue weighted by atomic mass is 16.5. The summed E-state index contributed by atoms with van der Waals surface area (Å²) >= 11 is 0. The summed E-state index contributed by atoms with van der Waals surface area (Å²) in [4.78, 5) is 2.41. The van der Waals surface area contributed by atoms with Gasteiger partial charge in [-0.25, -0.2) is 0 Å². The SMILES string of the molecule is CN1CCC(NC2CCOc3ccccc32)CC1. The lowest BCUT2D eigenvalue weighted by atomic mass is 9.97. The van der Waals surface area contributed by atoms with Gasteiger partial charge in [-0.3, -0.25) is 0 Å². The molecule has 2 heterocycles. The molecule has 98 valence electrons. The summed E-state index contributed by atoms with van der Waals surface area (Å²) in [6.45, 7) is 3.26. The first-order valence-electron chi connectivity index (χ1n) is 6.99. The first-order valence-corrected chi connectivity index (χ1v) is 6.99. The smallest absolute Gasteiger partial charge is 0.124 e. The molecular formula is C15H22N2O. The van der Waals surface area contributed by atoms with Crippen LogP contribution in [-0.4, -0.2) is 37.7 Å². The highest BCUT2D eigenvalue weighted by Gasteiger charge is 2.25. The molecule has 0 aliphatic carbocycles. The molecule has 0 amide bonds. The van der Waals surface area contributed by atoms with E-state index < -0.39 is 0 Å². The molecule has 1 aromatic carbocycles. The molecule has 0 radical (unpaired) electrons. The second-order valence-electron chi connectivity index (χ2n) is 5.47. The molecule has 1 unspecified atom stereocenters. The average Bonchev–Trinajstić information content (AvgIpc) is 2.42. The number of likely N-dealkylation sites (tertiary alicyclic amines) is 1. The van der Waals surface area contributed by atoms with Gasteiger partial charge in [0, 0.05) is 24.1 Å². The van der Waals surface area contributed by atoms with Gasteiger partial charge in [0.25, 0.3) is 0 Å². The third kappa shape index (κ3) is 2.52. The minimum Gasteiger partial charge on any atom is -0.493 e. The molecule has 3 heteroatoms. The van der Waals surface area contributed by atoms with Crippen molar-refractivity contribution in [3.8, 4) is 5.75 Å². The number of fused-ring (bicyclic) bond motifs is 1. The van der Waals surface area contributed by atoms with Gasteiger partial charge in [-0.2, -0.15) is 0 Å². The van der Waals surface area contributed by atoms with Crippen molar-refractivity contribution < 1.29 is 4.74 Å². The van der Waals surface area contributed by atoms with Gasteiger partial charge in [0.15, 0.2) is 0 Å². The monoisotopic (exact) mass is 246 g/mol. The molecule has 1 aromatic rings. The molecule has 3 rings (SSSR count). The Morgan fingerprint density at radius 1 is 1.17 bits per heavy atom. The van der Waals surface area contributed by atoms with Crippen molar-refractivity contribution in [3.05, 3.63) is 29.8 Å². The summed E-state index contributed by atoms with van der Waals surface area (Å²) in [6.07, 6.45) is 3.61. The zero-order valence-corrected chi connectivity index (χ0v) is 11.1. The van der Waals surface area contributed by atoms with Gasteiger partial charge >= 0.3 is 0 Å². The van der Waals surface area contributed by atoms with Crippen LogP contribution in [0.2, 0.25) is 0 Å². The van der Waals surface area contributed by atoms with Crippen LogP contribution in [0.5, 0.6) is 5.75 Å². The van der Waals surface area contributed by atoms with Crippen molar-refractivity contribution in [1.82, 2.24) is 10.2 Å². The van der Waals surface area contributed by atoms with Crippen LogP contribution in [-0.2, 0) is 0 Å². The Balaban J connectivity index is 1.67. The van der Waals surface area contributed by atoms with Crippen LogP contribution in [0.3, 0.4) is 0 Å². The quantitative estimate of drug-likeness (QED) is 0.865. The Labute approximate surface area is 109 Å². The number of benzene rings is 1. The van der Waals surface area contributed by atoms with Crippen LogP contribution in [0.25, 0.3) is 0 Å². The van der Waals surface area contributed by atoms with E-state index in [2.05, 4.69) is 41.5 Å². The Morgan fingerprint density at radius 2 is 1.94 bits per heavy atom. The number of hydrogen-bond donors (Lipinski definition) is 1. The molecule has 0 spiro atoms. The maximum atomic E-state index is 5.71. The van der Waals surface area contributed by atoms with Crippen LogP contribution in [0.4, 0.5) is 0 Å². The summed E-state index contributed by atoms with van der Waals surface area (Å²) in [5, 5.41) is 3.83. The number of para-hydroxylation sites is 1. The lowest BCUT2D eigenvalue weighted by molar-refractivity contribution is 0.200. The number of nitrogens with zero attached hydrogens (tertiary/aromatic N) is 1. The van der Waals surface area contributed by atoms with Crippen molar-refractivity contribution in [2.75, 3.05) is 26.7 Å². The molecule has 0 bridgehead atoms. The van der Waals surface area contributed by atoms with Crippen LogP contribution < -0.4 is 10.1 Å². The van der Waals surface area contributed by atoms with Crippen molar-refractivity contribution in [2.45, 2.75) is 31.3 Å². The molecule has 1 saturated heterocycles. The molecule has 1 atom stereocenters. The lowest BCUT2D eigenvalue weighted by Crippen LogP contribution is -2.43. The van der Waals surface area contributed by atoms with E-state index in [0.717, 1.165) is 18.8 Å².